The molecular formula is C33H24Cl2FN7O5. The van der Waals surface area contributed by atoms with Crippen LogP contribution in [-0.4, -0.2) is 67.1 Å². The Bertz CT molecular complexity index is 2070. The summed E-state index contributed by atoms with van der Waals surface area (Å²) in [6, 6.07) is 18.0. The van der Waals surface area contributed by atoms with E-state index in [-0.39, 0.29) is 28.4 Å². The SMILES string of the molecule is COc1ccc(-c2cccc3c2CCN(C(=O)/C=C/c2c(-n4nnnn4)ccc(Cl)c2F)C3C(=O)Nc2ccc(C(=O)O)cc2)c(Cl)c1. The Balaban J connectivity index is 1.40. The van der Waals surface area contributed by atoms with Crippen molar-refractivity contribution in [2.24, 2.45) is 0 Å². The molecule has 0 radical (unpaired) electrons. The van der Waals surface area contributed by atoms with E-state index < -0.39 is 29.6 Å². The van der Waals surface area contributed by atoms with Crippen LogP contribution in [0.2, 0.25) is 10.0 Å². The second-order valence-corrected chi connectivity index (χ2v) is 11.4. The number of carboxylic acid groups (broad SMARTS) is 1. The van der Waals surface area contributed by atoms with Gasteiger partial charge in [0.05, 0.1) is 28.4 Å². The van der Waals surface area contributed by atoms with E-state index in [2.05, 4.69) is 26.2 Å². The van der Waals surface area contributed by atoms with Gasteiger partial charge in [-0.15, -0.1) is 4.80 Å². The second-order valence-electron chi connectivity index (χ2n) is 10.5. The Kier molecular flexibility index (Phi) is 9.15. The number of methoxy groups -OCH3 is 1. The fourth-order valence-corrected chi connectivity index (χ4v) is 5.99. The summed E-state index contributed by atoms with van der Waals surface area (Å²) < 4.78 is 20.5. The molecule has 242 valence electrons. The topological polar surface area (TPSA) is 152 Å². The van der Waals surface area contributed by atoms with Crippen molar-refractivity contribution in [2.75, 3.05) is 19.0 Å². The van der Waals surface area contributed by atoms with Crippen LogP contribution in [0.1, 0.15) is 33.1 Å². The van der Waals surface area contributed by atoms with Crippen LogP contribution in [0, 0.1) is 5.82 Å². The van der Waals surface area contributed by atoms with Crippen molar-refractivity contribution in [3.63, 3.8) is 0 Å². The summed E-state index contributed by atoms with van der Waals surface area (Å²) in [6.07, 6.45) is 2.74. The van der Waals surface area contributed by atoms with Gasteiger partial charge < -0.3 is 20.1 Å². The summed E-state index contributed by atoms with van der Waals surface area (Å²) in [7, 11) is 1.54. The molecule has 1 unspecified atom stereocenters. The van der Waals surface area contributed by atoms with E-state index in [9.17, 15) is 19.5 Å². The highest BCUT2D eigenvalue weighted by Crippen LogP contribution is 2.40. The van der Waals surface area contributed by atoms with Gasteiger partial charge >= 0.3 is 5.97 Å². The van der Waals surface area contributed by atoms with Crippen molar-refractivity contribution in [1.29, 1.82) is 0 Å². The number of hydrogen-bond donors (Lipinski definition) is 2. The molecule has 0 fully saturated rings. The monoisotopic (exact) mass is 687 g/mol. The number of rotatable bonds is 8. The van der Waals surface area contributed by atoms with Gasteiger partial charge in [0.2, 0.25) is 5.91 Å². The molecule has 1 atom stereocenters. The predicted octanol–water partition coefficient (Wildman–Crippen LogP) is 5.65. The molecule has 1 aliphatic heterocycles. The first kappa shape index (κ1) is 32.3. The van der Waals surface area contributed by atoms with Gasteiger partial charge in [0, 0.05) is 29.4 Å². The summed E-state index contributed by atoms with van der Waals surface area (Å²) in [5.74, 6) is -2.49. The van der Waals surface area contributed by atoms with E-state index in [0.717, 1.165) is 27.6 Å². The van der Waals surface area contributed by atoms with Crippen LogP contribution in [0.15, 0.2) is 78.9 Å². The lowest BCUT2D eigenvalue weighted by Crippen LogP contribution is -2.45. The summed E-state index contributed by atoms with van der Waals surface area (Å²) in [6.45, 7) is 0.121. The third-order valence-electron chi connectivity index (χ3n) is 7.83. The lowest BCUT2D eigenvalue weighted by molar-refractivity contribution is -0.135. The zero-order chi connectivity index (χ0) is 33.9. The first-order valence-electron chi connectivity index (χ1n) is 14.3. The van der Waals surface area contributed by atoms with Crippen molar-refractivity contribution < 1.29 is 28.6 Å². The number of carbonyl (C=O) groups excluding carboxylic acids is 2. The molecule has 12 nitrogen and oxygen atoms in total. The van der Waals surface area contributed by atoms with Crippen molar-refractivity contribution in [3.05, 3.63) is 117 Å². The number of nitrogens with zero attached hydrogens (tertiary/aromatic N) is 6. The number of fused-ring (bicyclic) bond motifs is 1. The molecule has 2 heterocycles. The summed E-state index contributed by atoms with van der Waals surface area (Å²) in [5, 5.41) is 26.6. The third-order valence-corrected chi connectivity index (χ3v) is 8.43. The highest BCUT2D eigenvalue weighted by Gasteiger charge is 2.36. The first-order valence-corrected chi connectivity index (χ1v) is 15.1. The van der Waals surface area contributed by atoms with E-state index in [1.165, 1.54) is 47.4 Å². The van der Waals surface area contributed by atoms with E-state index in [1.807, 2.05) is 12.1 Å². The van der Waals surface area contributed by atoms with Gasteiger partial charge in [0.15, 0.2) is 5.82 Å². The Morgan fingerprint density at radius 1 is 0.979 bits per heavy atom. The molecule has 1 aromatic heterocycles. The van der Waals surface area contributed by atoms with Crippen LogP contribution in [0.3, 0.4) is 0 Å². The molecule has 2 amide bonds. The van der Waals surface area contributed by atoms with Crippen LogP contribution < -0.4 is 10.1 Å². The number of amides is 2. The summed E-state index contributed by atoms with van der Waals surface area (Å²) >= 11 is 12.7. The molecule has 0 bridgehead atoms. The number of aromatic nitrogens is 5. The standard InChI is InChI=1S/C33H24Cl2FN7O5/c1-48-20-9-10-23(27(35)17-20)21-3-2-4-24-22(21)15-16-42(31(24)32(45)37-19-7-5-18(6-8-19)33(46)47)29(44)14-11-25-28(43-40-38-39-41-43)13-12-26(34)30(25)36/h2-14,17,31H,15-16H2,1H3,(H,37,45)(H,46,47)/b14-11+. The molecule has 0 saturated carbocycles. The molecular weight excluding hydrogens is 664 g/mol. The largest absolute Gasteiger partial charge is 0.497 e. The summed E-state index contributed by atoms with van der Waals surface area (Å²) in [5.41, 5.74) is 3.28. The Hall–Kier alpha value is -5.66. The summed E-state index contributed by atoms with van der Waals surface area (Å²) in [4.78, 5) is 41.6. The molecule has 2 N–H and O–H groups in total. The number of carboxylic acids is 1. The molecule has 1 aliphatic rings. The average molecular weight is 689 g/mol. The number of aromatic carboxylic acids is 1. The molecule has 0 aliphatic carbocycles. The van der Waals surface area contributed by atoms with Crippen LogP contribution in [-0.2, 0) is 16.0 Å². The number of nitrogens with one attached hydrogen (secondary N) is 1. The van der Waals surface area contributed by atoms with Gasteiger partial charge in [-0.3, -0.25) is 9.59 Å². The Morgan fingerprint density at radius 3 is 2.42 bits per heavy atom. The number of benzene rings is 4. The fraction of sp³-hybridized carbons (Fsp3) is 0.121. The maximum absolute atomic E-state index is 15.2. The number of ether oxygens (including phenoxy) is 1. The smallest absolute Gasteiger partial charge is 0.335 e. The van der Waals surface area contributed by atoms with Crippen LogP contribution >= 0.6 is 23.2 Å². The highest BCUT2D eigenvalue weighted by atomic mass is 35.5. The number of carbonyl (C=O) groups is 3. The molecule has 48 heavy (non-hydrogen) atoms. The quantitative estimate of drug-likeness (QED) is 0.197. The van der Waals surface area contributed by atoms with Crippen LogP contribution in [0.25, 0.3) is 22.9 Å². The lowest BCUT2D eigenvalue weighted by atomic mass is 9.86. The van der Waals surface area contributed by atoms with Gasteiger partial charge in [0.1, 0.15) is 11.8 Å². The molecule has 15 heteroatoms. The van der Waals surface area contributed by atoms with Gasteiger partial charge in [-0.1, -0.05) is 41.4 Å². The number of anilines is 1. The van der Waals surface area contributed by atoms with Gasteiger partial charge in [0.25, 0.3) is 5.91 Å². The van der Waals surface area contributed by atoms with Gasteiger partial charge in [-0.25, -0.2) is 9.18 Å². The molecule has 0 spiro atoms. The Morgan fingerprint density at radius 2 is 1.73 bits per heavy atom. The normalized spacial score (nSPS) is 14.1. The molecule has 5 aromatic rings. The van der Waals surface area contributed by atoms with Crippen LogP contribution in [0.5, 0.6) is 5.75 Å². The van der Waals surface area contributed by atoms with Crippen molar-refractivity contribution in [3.8, 4) is 22.6 Å². The maximum atomic E-state index is 15.2. The van der Waals surface area contributed by atoms with Crippen molar-refractivity contribution >= 4 is 52.7 Å². The van der Waals surface area contributed by atoms with E-state index >= 15 is 4.39 Å². The minimum atomic E-state index is -1.13. The molecule has 0 saturated heterocycles. The Labute approximate surface area is 282 Å². The van der Waals surface area contributed by atoms with E-state index in [0.29, 0.717) is 28.4 Å². The van der Waals surface area contributed by atoms with Crippen molar-refractivity contribution in [2.45, 2.75) is 12.5 Å². The zero-order valence-corrected chi connectivity index (χ0v) is 26.5. The van der Waals surface area contributed by atoms with Crippen LogP contribution in [0.4, 0.5) is 10.1 Å². The minimum Gasteiger partial charge on any atom is -0.497 e. The fourth-order valence-electron chi connectivity index (χ4n) is 5.55. The molecule has 6 rings (SSSR count). The van der Waals surface area contributed by atoms with E-state index in [1.54, 1.807) is 31.4 Å². The van der Waals surface area contributed by atoms with Gasteiger partial charge in [-0.2, -0.15) is 0 Å². The highest BCUT2D eigenvalue weighted by molar-refractivity contribution is 6.33. The average Bonchev–Trinajstić information content (AvgIpc) is 3.63. The van der Waals surface area contributed by atoms with Gasteiger partial charge in [-0.05, 0) is 105 Å². The number of halogens is 3. The van der Waals surface area contributed by atoms with E-state index in [4.69, 9.17) is 27.9 Å². The number of hydrogen-bond acceptors (Lipinski definition) is 8. The van der Waals surface area contributed by atoms with Crippen molar-refractivity contribution in [1.82, 2.24) is 30.5 Å². The second kappa shape index (κ2) is 13.6. The predicted molar refractivity (Wildman–Crippen MR) is 175 cm³/mol. The minimum absolute atomic E-state index is 0.0449. The first-order chi connectivity index (χ1) is 23.2. The lowest BCUT2D eigenvalue weighted by Gasteiger charge is -2.37. The molecule has 4 aromatic carbocycles. The third kappa shape index (κ3) is 6.33. The zero-order valence-electron chi connectivity index (χ0n) is 25.0. The maximum Gasteiger partial charge on any atom is 0.335 e.